The summed E-state index contributed by atoms with van der Waals surface area (Å²) in [5.74, 6) is 6.75. The highest BCUT2D eigenvalue weighted by Crippen LogP contribution is 2.30. The first-order valence-corrected chi connectivity index (χ1v) is 7.91. The van der Waals surface area contributed by atoms with E-state index in [1.165, 1.54) is 30.6 Å². The quantitative estimate of drug-likeness (QED) is 0.607. The van der Waals surface area contributed by atoms with Gasteiger partial charge in [0.2, 0.25) is 0 Å². The molecule has 2 rings (SSSR count). The van der Waals surface area contributed by atoms with Gasteiger partial charge in [0, 0.05) is 21.9 Å². The number of hydrogen-bond donors (Lipinski definition) is 2. The number of thiophene rings is 1. The molecule has 0 saturated heterocycles. The minimum Gasteiger partial charge on any atom is -0.271 e. The highest BCUT2D eigenvalue weighted by molar-refractivity contribution is 7.99. The third-order valence-electron chi connectivity index (χ3n) is 3.10. The molecule has 1 fully saturated rings. The van der Waals surface area contributed by atoms with Gasteiger partial charge in [0.05, 0.1) is 0 Å². The number of rotatable bonds is 6. The SMILES string of the molecule is NNC(CSC1CCCC1)Cc1cccs1. The van der Waals surface area contributed by atoms with E-state index in [4.69, 9.17) is 5.84 Å². The van der Waals surface area contributed by atoms with Crippen LogP contribution in [-0.2, 0) is 6.42 Å². The van der Waals surface area contributed by atoms with Gasteiger partial charge in [-0.05, 0) is 30.7 Å². The highest BCUT2D eigenvalue weighted by Gasteiger charge is 2.17. The summed E-state index contributed by atoms with van der Waals surface area (Å²) in [6.07, 6.45) is 6.71. The van der Waals surface area contributed by atoms with E-state index in [0.717, 1.165) is 17.4 Å². The number of nitrogens with one attached hydrogen (secondary N) is 1. The molecule has 90 valence electrons. The van der Waals surface area contributed by atoms with Crippen molar-refractivity contribution in [1.82, 2.24) is 5.43 Å². The zero-order valence-corrected chi connectivity index (χ0v) is 11.2. The fourth-order valence-electron chi connectivity index (χ4n) is 2.14. The van der Waals surface area contributed by atoms with Crippen molar-refractivity contribution in [2.24, 2.45) is 5.84 Å². The van der Waals surface area contributed by atoms with Crippen LogP contribution < -0.4 is 11.3 Å². The minimum absolute atomic E-state index is 0.421. The summed E-state index contributed by atoms with van der Waals surface area (Å²) in [5, 5.41) is 3.02. The van der Waals surface area contributed by atoms with Crippen LogP contribution in [0.5, 0.6) is 0 Å². The average molecular weight is 256 g/mol. The number of thioether (sulfide) groups is 1. The molecule has 16 heavy (non-hydrogen) atoms. The van der Waals surface area contributed by atoms with Gasteiger partial charge in [-0.15, -0.1) is 11.3 Å². The molecule has 1 unspecified atom stereocenters. The van der Waals surface area contributed by atoms with E-state index >= 15 is 0 Å². The Morgan fingerprint density at radius 2 is 2.31 bits per heavy atom. The summed E-state index contributed by atoms with van der Waals surface area (Å²) < 4.78 is 0. The third-order valence-corrected chi connectivity index (χ3v) is 5.54. The molecule has 4 heteroatoms. The number of nitrogens with two attached hydrogens (primary N) is 1. The largest absolute Gasteiger partial charge is 0.271 e. The van der Waals surface area contributed by atoms with Gasteiger partial charge in [-0.3, -0.25) is 11.3 Å². The summed E-state index contributed by atoms with van der Waals surface area (Å²) in [5.41, 5.74) is 2.95. The molecule has 0 amide bonds. The Morgan fingerprint density at radius 3 is 2.94 bits per heavy atom. The monoisotopic (exact) mass is 256 g/mol. The molecule has 0 radical (unpaired) electrons. The Hall–Kier alpha value is -0.0300. The molecule has 3 N–H and O–H groups in total. The summed E-state index contributed by atoms with van der Waals surface area (Å²) in [6.45, 7) is 0. The number of hydrazine groups is 1. The van der Waals surface area contributed by atoms with Crippen LogP contribution >= 0.6 is 23.1 Å². The van der Waals surface area contributed by atoms with Crippen molar-refractivity contribution in [2.75, 3.05) is 5.75 Å². The minimum atomic E-state index is 0.421. The van der Waals surface area contributed by atoms with Crippen LogP contribution in [-0.4, -0.2) is 17.0 Å². The van der Waals surface area contributed by atoms with Crippen LogP contribution in [0.3, 0.4) is 0 Å². The molecule has 1 saturated carbocycles. The van der Waals surface area contributed by atoms with E-state index in [-0.39, 0.29) is 0 Å². The normalized spacial score (nSPS) is 19.1. The van der Waals surface area contributed by atoms with Gasteiger partial charge in [-0.25, -0.2) is 0 Å². The summed E-state index contributed by atoms with van der Waals surface area (Å²) >= 11 is 3.92. The Morgan fingerprint density at radius 1 is 1.50 bits per heavy atom. The zero-order valence-electron chi connectivity index (χ0n) is 9.52. The lowest BCUT2D eigenvalue weighted by Gasteiger charge is -2.17. The molecule has 1 atom stereocenters. The molecular weight excluding hydrogens is 236 g/mol. The maximum absolute atomic E-state index is 5.62. The van der Waals surface area contributed by atoms with Crippen LogP contribution in [0, 0.1) is 0 Å². The van der Waals surface area contributed by atoms with Crippen LogP contribution in [0.15, 0.2) is 17.5 Å². The molecule has 2 nitrogen and oxygen atoms in total. The lowest BCUT2D eigenvalue weighted by atomic mass is 10.2. The second-order valence-corrected chi connectivity index (χ2v) is 6.75. The average Bonchev–Trinajstić information content (AvgIpc) is 2.97. The highest BCUT2D eigenvalue weighted by atomic mass is 32.2. The van der Waals surface area contributed by atoms with Crippen molar-refractivity contribution in [3.8, 4) is 0 Å². The molecule has 0 aliphatic heterocycles. The smallest absolute Gasteiger partial charge is 0.0349 e. The fraction of sp³-hybridized carbons (Fsp3) is 0.667. The second-order valence-electron chi connectivity index (χ2n) is 4.39. The molecule has 1 aliphatic rings. The van der Waals surface area contributed by atoms with Crippen molar-refractivity contribution in [3.05, 3.63) is 22.4 Å². The van der Waals surface area contributed by atoms with E-state index in [2.05, 4.69) is 34.7 Å². The molecular formula is C12H20N2S2. The van der Waals surface area contributed by atoms with Gasteiger partial charge in [-0.1, -0.05) is 18.9 Å². The van der Waals surface area contributed by atoms with Gasteiger partial charge >= 0.3 is 0 Å². The predicted molar refractivity (Wildman–Crippen MR) is 73.8 cm³/mol. The first-order chi connectivity index (χ1) is 7.88. The Labute approximate surface area is 106 Å². The maximum atomic E-state index is 5.62. The van der Waals surface area contributed by atoms with Crippen molar-refractivity contribution >= 4 is 23.1 Å². The first kappa shape index (κ1) is 12.4. The van der Waals surface area contributed by atoms with E-state index in [1.54, 1.807) is 0 Å². The lowest BCUT2D eigenvalue weighted by Crippen LogP contribution is -2.38. The maximum Gasteiger partial charge on any atom is 0.0349 e. The van der Waals surface area contributed by atoms with Crippen LogP contribution in [0.1, 0.15) is 30.6 Å². The van der Waals surface area contributed by atoms with E-state index in [0.29, 0.717) is 6.04 Å². The Bertz CT molecular complexity index is 281. The van der Waals surface area contributed by atoms with Crippen LogP contribution in [0.25, 0.3) is 0 Å². The van der Waals surface area contributed by atoms with Crippen LogP contribution in [0.2, 0.25) is 0 Å². The molecule has 0 bridgehead atoms. The topological polar surface area (TPSA) is 38.0 Å². The summed E-state index contributed by atoms with van der Waals surface area (Å²) in [6, 6.07) is 4.72. The lowest BCUT2D eigenvalue weighted by molar-refractivity contribution is 0.578. The second kappa shape index (κ2) is 6.64. The third kappa shape index (κ3) is 3.77. The van der Waals surface area contributed by atoms with E-state index in [9.17, 15) is 0 Å². The fourth-order valence-corrected chi connectivity index (χ4v) is 4.32. The Kier molecular flexibility index (Phi) is 5.16. The van der Waals surface area contributed by atoms with Gasteiger partial charge in [-0.2, -0.15) is 11.8 Å². The number of hydrogen-bond acceptors (Lipinski definition) is 4. The zero-order chi connectivity index (χ0) is 11.2. The molecule has 1 heterocycles. The summed E-state index contributed by atoms with van der Waals surface area (Å²) in [7, 11) is 0. The summed E-state index contributed by atoms with van der Waals surface area (Å²) in [4.78, 5) is 1.43. The molecule has 0 spiro atoms. The molecule has 0 aromatic carbocycles. The van der Waals surface area contributed by atoms with Crippen molar-refractivity contribution in [1.29, 1.82) is 0 Å². The first-order valence-electron chi connectivity index (χ1n) is 5.98. The van der Waals surface area contributed by atoms with Crippen molar-refractivity contribution in [2.45, 2.75) is 43.4 Å². The van der Waals surface area contributed by atoms with Gasteiger partial charge in [0.15, 0.2) is 0 Å². The van der Waals surface area contributed by atoms with Gasteiger partial charge in [0.25, 0.3) is 0 Å². The molecule has 1 aliphatic carbocycles. The van der Waals surface area contributed by atoms with E-state index in [1.807, 2.05) is 11.3 Å². The predicted octanol–water partition coefficient (Wildman–Crippen LogP) is 2.80. The van der Waals surface area contributed by atoms with Gasteiger partial charge < -0.3 is 0 Å². The van der Waals surface area contributed by atoms with Gasteiger partial charge in [0.1, 0.15) is 0 Å². The molecule has 1 aromatic heterocycles. The standard InChI is InChI=1S/C12H20N2S2/c13-14-10(8-12-6-3-7-15-12)9-16-11-4-1-2-5-11/h3,6-7,10-11,14H,1-2,4-5,8-9,13H2. The van der Waals surface area contributed by atoms with Crippen LogP contribution in [0.4, 0.5) is 0 Å². The molecule has 1 aromatic rings. The van der Waals surface area contributed by atoms with Crippen molar-refractivity contribution < 1.29 is 0 Å². The van der Waals surface area contributed by atoms with E-state index < -0.39 is 0 Å². The Balaban J connectivity index is 1.72. The van der Waals surface area contributed by atoms with Crippen molar-refractivity contribution in [3.63, 3.8) is 0 Å².